The fraction of sp³-hybridized carbons (Fsp3) is 0.385. The molecule has 6 rings (SSSR count). The molecule has 2 saturated heterocycles. The summed E-state index contributed by atoms with van der Waals surface area (Å²) in [5, 5.41) is 0. The van der Waals surface area contributed by atoms with Crippen LogP contribution in [0, 0.1) is 0 Å². The molecule has 0 radical (unpaired) electrons. The number of aromatic nitrogens is 2. The molecule has 0 bridgehead atoms. The van der Waals surface area contributed by atoms with Gasteiger partial charge in [-0.25, -0.2) is 4.79 Å². The van der Waals surface area contributed by atoms with Crippen molar-refractivity contribution in [1.82, 2.24) is 9.55 Å². The molecule has 192 valence electrons. The number of H-pyrrole nitrogens is 1. The first-order chi connectivity index (χ1) is 17.8. The normalized spacial score (nSPS) is 26.1. The van der Waals surface area contributed by atoms with E-state index in [1.54, 1.807) is 13.8 Å². The van der Waals surface area contributed by atoms with Crippen molar-refractivity contribution < 1.29 is 27.8 Å². The van der Waals surface area contributed by atoms with E-state index in [1.165, 1.54) is 16.8 Å². The van der Waals surface area contributed by atoms with Crippen LogP contribution in [0.2, 0.25) is 0 Å². The Bertz CT molecular complexity index is 1420. The van der Waals surface area contributed by atoms with Crippen LogP contribution in [0.3, 0.4) is 0 Å². The molecule has 11 heteroatoms. The molecule has 1 aromatic heterocycles. The average molecular weight is 525 g/mol. The number of nitrogens with zero attached hydrogens (tertiary/aromatic N) is 1. The molecule has 2 aromatic carbocycles. The summed E-state index contributed by atoms with van der Waals surface area (Å²) in [5.41, 5.74) is 3.42. The monoisotopic (exact) mass is 525 g/mol. The van der Waals surface area contributed by atoms with Gasteiger partial charge in [0, 0.05) is 22.7 Å². The average Bonchev–Trinajstić information content (AvgIpc) is 3.48. The van der Waals surface area contributed by atoms with Gasteiger partial charge in [0.2, 0.25) is 0 Å². The summed E-state index contributed by atoms with van der Waals surface area (Å²) in [6.07, 6.45) is -1.38. The van der Waals surface area contributed by atoms with E-state index in [0.29, 0.717) is 0 Å². The fourth-order valence-corrected chi connectivity index (χ4v) is 6.01. The van der Waals surface area contributed by atoms with Gasteiger partial charge in [-0.2, -0.15) is 0 Å². The van der Waals surface area contributed by atoms with Crippen LogP contribution in [0.4, 0.5) is 0 Å². The smallest absolute Gasteiger partial charge is 0.346 e. The molecule has 5 atom stereocenters. The molecule has 3 aliphatic rings. The molecule has 2 aliphatic heterocycles. The number of hydrogen-bond acceptors (Lipinski definition) is 8. The molecule has 2 fully saturated rings. The van der Waals surface area contributed by atoms with Crippen molar-refractivity contribution in [1.29, 1.82) is 0 Å². The molecule has 1 N–H and O–H groups in total. The first kappa shape index (κ1) is 24.4. The molecule has 37 heavy (non-hydrogen) atoms. The molecule has 0 amide bonds. The number of fused-ring (bicyclic) bond motifs is 4. The molecule has 1 aliphatic carbocycles. The van der Waals surface area contributed by atoms with Crippen molar-refractivity contribution in [3.63, 3.8) is 0 Å². The van der Waals surface area contributed by atoms with Crippen LogP contribution in [0.1, 0.15) is 37.1 Å². The SMILES string of the molecule is CC1(C)O[C@@H]2[C@H](O1)[C@@H](CO[P+](=O)OCC1c3ccccc3-c3ccccc31)O[C@H]2n1ccc(=O)[nH]c1=O. The minimum atomic E-state index is -2.45. The third-order valence-corrected chi connectivity index (χ3v) is 7.62. The first-order valence-corrected chi connectivity index (χ1v) is 13.1. The Labute approximate surface area is 213 Å². The van der Waals surface area contributed by atoms with Crippen LogP contribution in [0.15, 0.2) is 70.4 Å². The predicted molar refractivity (Wildman–Crippen MR) is 132 cm³/mol. The maximum atomic E-state index is 12.7. The molecule has 10 nitrogen and oxygen atoms in total. The van der Waals surface area contributed by atoms with E-state index in [0.717, 1.165) is 22.3 Å². The Kier molecular flexibility index (Phi) is 6.19. The molecule has 0 spiro atoms. The van der Waals surface area contributed by atoms with E-state index in [9.17, 15) is 14.2 Å². The van der Waals surface area contributed by atoms with Gasteiger partial charge in [-0.3, -0.25) is 14.3 Å². The lowest BCUT2D eigenvalue weighted by molar-refractivity contribution is -0.199. The van der Waals surface area contributed by atoms with Crippen molar-refractivity contribution >= 4 is 8.25 Å². The molecular formula is C26H26N2O8P+. The highest BCUT2D eigenvalue weighted by atomic mass is 31.1. The first-order valence-electron chi connectivity index (χ1n) is 12.0. The van der Waals surface area contributed by atoms with E-state index < -0.39 is 49.8 Å². The van der Waals surface area contributed by atoms with E-state index in [2.05, 4.69) is 29.2 Å². The van der Waals surface area contributed by atoms with Gasteiger partial charge in [0.05, 0.1) is 0 Å². The summed E-state index contributed by atoms with van der Waals surface area (Å²) in [7, 11) is -2.45. The second kappa shape index (κ2) is 9.40. The standard InChI is InChI=1S/C26H25N2O8P/c1-26(2)35-22-20(34-24(23(22)36-26)28-12-11-21(29)27-25(28)30)14-33-37(31)32-13-19-17-9-5-3-7-15(17)16-8-4-6-10-18(16)19/h3-12,19-20,22-24H,13-14H2,1-2H3/p+1/t20-,22-,23-,24-/m1/s1. The van der Waals surface area contributed by atoms with E-state index >= 15 is 0 Å². The number of hydrogen-bond donors (Lipinski definition) is 1. The molecule has 1 unspecified atom stereocenters. The largest absolute Gasteiger partial charge is 0.697 e. The van der Waals surface area contributed by atoms with E-state index in [4.69, 9.17) is 23.3 Å². The van der Waals surface area contributed by atoms with Crippen LogP contribution in [-0.2, 0) is 27.8 Å². The zero-order valence-electron chi connectivity index (χ0n) is 20.2. The van der Waals surface area contributed by atoms with Crippen LogP contribution >= 0.6 is 8.25 Å². The molecular weight excluding hydrogens is 499 g/mol. The zero-order valence-corrected chi connectivity index (χ0v) is 21.1. The molecule has 0 saturated carbocycles. The second-order valence-electron chi connectivity index (χ2n) is 9.69. The third-order valence-electron chi connectivity index (χ3n) is 6.90. The van der Waals surface area contributed by atoms with E-state index in [-0.39, 0.29) is 19.1 Å². The summed E-state index contributed by atoms with van der Waals surface area (Å²) >= 11 is 0. The summed E-state index contributed by atoms with van der Waals surface area (Å²) in [4.78, 5) is 26.1. The zero-order chi connectivity index (χ0) is 25.7. The number of benzene rings is 2. The summed E-state index contributed by atoms with van der Waals surface area (Å²) < 4.78 is 43.2. The maximum Gasteiger partial charge on any atom is 0.697 e. The molecule has 3 heterocycles. The van der Waals surface area contributed by atoms with E-state index in [1.807, 2.05) is 24.3 Å². The van der Waals surface area contributed by atoms with Gasteiger partial charge >= 0.3 is 13.9 Å². The minimum absolute atomic E-state index is 0.0501. The van der Waals surface area contributed by atoms with Crippen molar-refractivity contribution in [2.75, 3.05) is 13.2 Å². The third kappa shape index (κ3) is 4.50. The Morgan fingerprint density at radius 1 is 0.919 bits per heavy atom. The fourth-order valence-electron chi connectivity index (χ4n) is 5.39. The van der Waals surface area contributed by atoms with Crippen molar-refractivity contribution in [3.05, 3.63) is 92.8 Å². The van der Waals surface area contributed by atoms with Crippen LogP contribution in [0.25, 0.3) is 11.1 Å². The maximum absolute atomic E-state index is 12.7. The number of rotatable bonds is 7. The van der Waals surface area contributed by atoms with Crippen molar-refractivity contribution in [3.8, 4) is 11.1 Å². The Balaban J connectivity index is 1.13. The number of nitrogens with one attached hydrogen (secondary N) is 1. The van der Waals surface area contributed by atoms with Gasteiger partial charge in [0.1, 0.15) is 31.5 Å². The highest BCUT2D eigenvalue weighted by molar-refractivity contribution is 7.33. The number of aromatic amines is 1. The van der Waals surface area contributed by atoms with Crippen LogP contribution in [-0.4, -0.2) is 46.9 Å². The molecule has 3 aromatic rings. The summed E-state index contributed by atoms with van der Waals surface area (Å²) in [5.74, 6) is -0.963. The van der Waals surface area contributed by atoms with Gasteiger partial charge in [-0.1, -0.05) is 48.5 Å². The lowest BCUT2D eigenvalue weighted by Gasteiger charge is -2.24. The van der Waals surface area contributed by atoms with Crippen LogP contribution < -0.4 is 11.2 Å². The van der Waals surface area contributed by atoms with Crippen molar-refractivity contribution in [2.45, 2.75) is 50.1 Å². The lowest BCUT2D eigenvalue weighted by atomic mass is 9.98. The van der Waals surface area contributed by atoms with Crippen molar-refractivity contribution in [2.24, 2.45) is 0 Å². The van der Waals surface area contributed by atoms with Gasteiger partial charge in [0.15, 0.2) is 12.0 Å². The second-order valence-corrected chi connectivity index (χ2v) is 10.7. The predicted octanol–water partition coefficient (Wildman–Crippen LogP) is 3.46. The Morgan fingerprint density at radius 3 is 2.22 bits per heavy atom. The van der Waals surface area contributed by atoms with Gasteiger partial charge in [0.25, 0.3) is 5.56 Å². The van der Waals surface area contributed by atoms with Gasteiger partial charge in [-0.05, 0) is 36.1 Å². The summed E-state index contributed by atoms with van der Waals surface area (Å²) in [6, 6.07) is 17.5. The topological polar surface area (TPSA) is 118 Å². The van der Waals surface area contributed by atoms with Gasteiger partial charge < -0.3 is 14.2 Å². The van der Waals surface area contributed by atoms with Gasteiger partial charge in [-0.15, -0.1) is 9.05 Å². The quantitative estimate of drug-likeness (QED) is 0.466. The minimum Gasteiger partial charge on any atom is -0.346 e. The lowest BCUT2D eigenvalue weighted by Crippen LogP contribution is -2.37. The Hall–Kier alpha value is -2.98. The summed E-state index contributed by atoms with van der Waals surface area (Å²) in [6.45, 7) is 3.62. The number of ether oxygens (including phenoxy) is 3. The Morgan fingerprint density at radius 2 is 1.54 bits per heavy atom. The van der Waals surface area contributed by atoms with Crippen LogP contribution in [0.5, 0.6) is 0 Å². The highest BCUT2D eigenvalue weighted by Gasteiger charge is 2.56. The highest BCUT2D eigenvalue weighted by Crippen LogP contribution is 2.46.